The molecule has 2 rings (SSSR count). The molecule has 1 aliphatic heterocycles. The van der Waals surface area contributed by atoms with Crippen LogP contribution in [0.4, 0.5) is 5.82 Å². The standard InChI is InChI=1S/C13H20N2/c1-10(2)12-4-6-14-13(8-12)15-7-5-11(3)9-15/h4,6,8,10-11H,5,7,9H2,1-3H3/t11-/m0/s1. The van der Waals surface area contributed by atoms with Crippen molar-refractivity contribution in [2.45, 2.75) is 33.1 Å². The first kappa shape index (κ1) is 10.5. The van der Waals surface area contributed by atoms with Gasteiger partial charge in [0, 0.05) is 19.3 Å². The zero-order valence-corrected chi connectivity index (χ0v) is 9.90. The summed E-state index contributed by atoms with van der Waals surface area (Å²) in [5.74, 6) is 2.56. The lowest BCUT2D eigenvalue weighted by molar-refractivity contribution is 0.659. The maximum Gasteiger partial charge on any atom is 0.128 e. The topological polar surface area (TPSA) is 16.1 Å². The van der Waals surface area contributed by atoms with Gasteiger partial charge in [-0.2, -0.15) is 0 Å². The van der Waals surface area contributed by atoms with Crippen molar-refractivity contribution in [3.05, 3.63) is 23.9 Å². The Morgan fingerprint density at radius 2 is 2.27 bits per heavy atom. The third-order valence-electron chi connectivity index (χ3n) is 3.18. The fourth-order valence-electron chi connectivity index (χ4n) is 2.11. The van der Waals surface area contributed by atoms with Gasteiger partial charge in [-0.3, -0.25) is 0 Å². The largest absolute Gasteiger partial charge is 0.356 e. The molecule has 0 aromatic carbocycles. The molecule has 1 aromatic rings. The molecule has 0 aliphatic carbocycles. The van der Waals surface area contributed by atoms with Gasteiger partial charge in [-0.1, -0.05) is 20.8 Å². The van der Waals surface area contributed by atoms with Gasteiger partial charge in [0.15, 0.2) is 0 Å². The van der Waals surface area contributed by atoms with Crippen molar-refractivity contribution in [2.75, 3.05) is 18.0 Å². The van der Waals surface area contributed by atoms with E-state index in [0.29, 0.717) is 5.92 Å². The zero-order chi connectivity index (χ0) is 10.8. The van der Waals surface area contributed by atoms with Crippen LogP contribution in [0.15, 0.2) is 18.3 Å². The summed E-state index contributed by atoms with van der Waals surface area (Å²) in [5, 5.41) is 0. The number of anilines is 1. The monoisotopic (exact) mass is 204 g/mol. The van der Waals surface area contributed by atoms with E-state index in [4.69, 9.17) is 0 Å². The normalized spacial score (nSPS) is 21.3. The van der Waals surface area contributed by atoms with Crippen molar-refractivity contribution < 1.29 is 0 Å². The third kappa shape index (κ3) is 2.31. The van der Waals surface area contributed by atoms with E-state index in [9.17, 15) is 0 Å². The lowest BCUT2D eigenvalue weighted by Crippen LogP contribution is -2.20. The summed E-state index contributed by atoms with van der Waals surface area (Å²) in [4.78, 5) is 6.86. The Labute approximate surface area is 92.3 Å². The molecule has 0 spiro atoms. The van der Waals surface area contributed by atoms with Crippen LogP contribution in [0.3, 0.4) is 0 Å². The highest BCUT2D eigenvalue weighted by molar-refractivity contribution is 5.42. The molecule has 0 saturated carbocycles. The molecule has 0 bridgehead atoms. The summed E-state index contributed by atoms with van der Waals surface area (Å²) in [7, 11) is 0. The second kappa shape index (κ2) is 4.21. The SMILES string of the molecule is CC(C)c1ccnc(N2CC[C@H](C)C2)c1. The molecule has 1 fully saturated rings. The van der Waals surface area contributed by atoms with Gasteiger partial charge in [-0.15, -0.1) is 0 Å². The molecule has 0 N–H and O–H groups in total. The van der Waals surface area contributed by atoms with Gasteiger partial charge < -0.3 is 4.90 Å². The van der Waals surface area contributed by atoms with E-state index in [-0.39, 0.29) is 0 Å². The Hall–Kier alpha value is -1.05. The fourth-order valence-corrected chi connectivity index (χ4v) is 2.11. The van der Waals surface area contributed by atoms with E-state index < -0.39 is 0 Å². The summed E-state index contributed by atoms with van der Waals surface area (Å²) in [5.41, 5.74) is 1.39. The number of nitrogens with zero attached hydrogens (tertiary/aromatic N) is 2. The van der Waals surface area contributed by atoms with E-state index in [1.165, 1.54) is 12.0 Å². The summed E-state index contributed by atoms with van der Waals surface area (Å²) in [6.45, 7) is 9.09. The Bertz CT molecular complexity index is 333. The van der Waals surface area contributed by atoms with E-state index in [2.05, 4.69) is 42.8 Å². The highest BCUT2D eigenvalue weighted by atomic mass is 15.2. The predicted octanol–water partition coefficient (Wildman–Crippen LogP) is 3.05. The minimum Gasteiger partial charge on any atom is -0.356 e. The summed E-state index contributed by atoms with van der Waals surface area (Å²) < 4.78 is 0. The summed E-state index contributed by atoms with van der Waals surface area (Å²) >= 11 is 0. The van der Waals surface area contributed by atoms with Crippen molar-refractivity contribution in [1.29, 1.82) is 0 Å². The molecule has 1 aromatic heterocycles. The number of aromatic nitrogens is 1. The molecule has 1 saturated heterocycles. The first-order chi connectivity index (χ1) is 7.16. The maximum absolute atomic E-state index is 4.46. The van der Waals surface area contributed by atoms with Crippen LogP contribution in [-0.2, 0) is 0 Å². The quantitative estimate of drug-likeness (QED) is 0.736. The van der Waals surface area contributed by atoms with Crippen LogP contribution in [0.5, 0.6) is 0 Å². The Kier molecular flexibility index (Phi) is 2.94. The first-order valence-electron chi connectivity index (χ1n) is 5.87. The maximum atomic E-state index is 4.46. The van der Waals surface area contributed by atoms with Gasteiger partial charge in [0.05, 0.1) is 0 Å². The number of hydrogen-bond donors (Lipinski definition) is 0. The van der Waals surface area contributed by atoms with Gasteiger partial charge >= 0.3 is 0 Å². The molecule has 0 amide bonds. The predicted molar refractivity (Wildman–Crippen MR) is 64.3 cm³/mol. The fraction of sp³-hybridized carbons (Fsp3) is 0.615. The average Bonchev–Trinajstić information content (AvgIpc) is 2.65. The smallest absolute Gasteiger partial charge is 0.128 e. The Morgan fingerprint density at radius 1 is 1.47 bits per heavy atom. The van der Waals surface area contributed by atoms with Crippen LogP contribution in [0, 0.1) is 5.92 Å². The van der Waals surface area contributed by atoms with Crippen molar-refractivity contribution in [3.63, 3.8) is 0 Å². The second-order valence-corrected chi connectivity index (χ2v) is 4.94. The zero-order valence-electron chi connectivity index (χ0n) is 9.90. The molecule has 2 heterocycles. The van der Waals surface area contributed by atoms with Crippen molar-refractivity contribution in [3.8, 4) is 0 Å². The highest BCUT2D eigenvalue weighted by Gasteiger charge is 2.19. The van der Waals surface area contributed by atoms with Gasteiger partial charge in [0.2, 0.25) is 0 Å². The summed E-state index contributed by atoms with van der Waals surface area (Å²) in [6.07, 6.45) is 3.24. The minimum atomic E-state index is 0.590. The minimum absolute atomic E-state index is 0.590. The lowest BCUT2D eigenvalue weighted by atomic mass is 10.1. The van der Waals surface area contributed by atoms with E-state index in [1.807, 2.05) is 6.20 Å². The molecular formula is C13H20N2. The molecule has 1 atom stereocenters. The molecule has 2 heteroatoms. The van der Waals surface area contributed by atoms with Gasteiger partial charge in [0.1, 0.15) is 5.82 Å². The summed E-state index contributed by atoms with van der Waals surface area (Å²) in [6, 6.07) is 4.36. The Balaban J connectivity index is 2.18. The van der Waals surface area contributed by atoms with E-state index in [0.717, 1.165) is 24.8 Å². The molecule has 1 aliphatic rings. The van der Waals surface area contributed by atoms with Crippen molar-refractivity contribution >= 4 is 5.82 Å². The molecule has 2 nitrogen and oxygen atoms in total. The number of hydrogen-bond acceptors (Lipinski definition) is 2. The number of pyridine rings is 1. The van der Waals surface area contributed by atoms with Crippen LogP contribution < -0.4 is 4.90 Å². The molecule has 0 unspecified atom stereocenters. The van der Waals surface area contributed by atoms with Gasteiger partial charge in [-0.05, 0) is 36.0 Å². The number of rotatable bonds is 2. The average molecular weight is 204 g/mol. The van der Waals surface area contributed by atoms with Crippen LogP contribution in [0.25, 0.3) is 0 Å². The lowest BCUT2D eigenvalue weighted by Gasteiger charge is -2.18. The highest BCUT2D eigenvalue weighted by Crippen LogP contribution is 2.24. The van der Waals surface area contributed by atoms with E-state index >= 15 is 0 Å². The van der Waals surface area contributed by atoms with Gasteiger partial charge in [0.25, 0.3) is 0 Å². The molecule has 15 heavy (non-hydrogen) atoms. The van der Waals surface area contributed by atoms with Crippen molar-refractivity contribution in [1.82, 2.24) is 4.98 Å². The molecular weight excluding hydrogens is 184 g/mol. The van der Waals surface area contributed by atoms with Crippen LogP contribution >= 0.6 is 0 Å². The Morgan fingerprint density at radius 3 is 2.87 bits per heavy atom. The van der Waals surface area contributed by atoms with E-state index in [1.54, 1.807) is 0 Å². The molecule has 0 radical (unpaired) electrons. The first-order valence-corrected chi connectivity index (χ1v) is 5.87. The van der Waals surface area contributed by atoms with Crippen LogP contribution in [0.2, 0.25) is 0 Å². The van der Waals surface area contributed by atoms with Crippen molar-refractivity contribution in [2.24, 2.45) is 5.92 Å². The van der Waals surface area contributed by atoms with Gasteiger partial charge in [-0.25, -0.2) is 4.98 Å². The third-order valence-corrected chi connectivity index (χ3v) is 3.18. The van der Waals surface area contributed by atoms with Crippen LogP contribution in [-0.4, -0.2) is 18.1 Å². The second-order valence-electron chi connectivity index (χ2n) is 4.94. The van der Waals surface area contributed by atoms with Crippen LogP contribution in [0.1, 0.15) is 38.7 Å². The molecule has 82 valence electrons.